The summed E-state index contributed by atoms with van der Waals surface area (Å²) in [4.78, 5) is 15.1. The second-order valence-electron chi connectivity index (χ2n) is 3.55. The van der Waals surface area contributed by atoms with Gasteiger partial charge in [0.1, 0.15) is 6.54 Å². The third kappa shape index (κ3) is 2.36. The number of nitrogens with zero attached hydrogens (tertiary/aromatic N) is 2. The summed E-state index contributed by atoms with van der Waals surface area (Å²) in [5.41, 5.74) is 1.49. The van der Waals surface area contributed by atoms with Crippen molar-refractivity contribution in [3.8, 4) is 0 Å². The molecule has 2 aromatic rings. The highest BCUT2D eigenvalue weighted by molar-refractivity contribution is 5.81. The first-order valence-corrected chi connectivity index (χ1v) is 5.24. The number of carbonyl (C=O) groups is 1. The van der Waals surface area contributed by atoms with E-state index in [2.05, 4.69) is 10.3 Å². The molecule has 0 unspecified atom stereocenters. The van der Waals surface area contributed by atoms with Crippen LogP contribution in [0.15, 0.2) is 24.3 Å². The molecule has 6 nitrogen and oxygen atoms in total. The van der Waals surface area contributed by atoms with E-state index in [0.717, 1.165) is 11.0 Å². The lowest BCUT2D eigenvalue weighted by molar-refractivity contribution is -0.137. The van der Waals surface area contributed by atoms with Gasteiger partial charge in [0.15, 0.2) is 0 Å². The van der Waals surface area contributed by atoms with Crippen molar-refractivity contribution in [3.63, 3.8) is 0 Å². The molecule has 17 heavy (non-hydrogen) atoms. The quantitative estimate of drug-likeness (QED) is 0.703. The Balaban J connectivity index is 2.44. The molecule has 0 aliphatic carbocycles. The van der Waals surface area contributed by atoms with Crippen molar-refractivity contribution >= 4 is 23.0 Å². The molecule has 2 rings (SSSR count). The molecule has 0 bridgehead atoms. The van der Waals surface area contributed by atoms with Crippen LogP contribution in [0.25, 0.3) is 11.0 Å². The molecule has 1 aromatic heterocycles. The van der Waals surface area contributed by atoms with Crippen molar-refractivity contribution in [1.82, 2.24) is 9.55 Å². The van der Waals surface area contributed by atoms with Gasteiger partial charge in [-0.25, -0.2) is 4.98 Å². The Morgan fingerprint density at radius 1 is 1.41 bits per heavy atom. The summed E-state index contributed by atoms with van der Waals surface area (Å²) < 4.78 is 1.58. The summed E-state index contributed by atoms with van der Waals surface area (Å²) in [6.45, 7) is 0.146. The number of benzene rings is 1. The average molecular weight is 235 g/mol. The third-order valence-corrected chi connectivity index (χ3v) is 2.34. The third-order valence-electron chi connectivity index (χ3n) is 2.34. The minimum atomic E-state index is -0.930. The normalized spacial score (nSPS) is 10.6. The highest BCUT2D eigenvalue weighted by atomic mass is 16.4. The SMILES string of the molecule is O=C(O)Cn1c(NCCO)nc2ccccc21. The highest BCUT2D eigenvalue weighted by Gasteiger charge is 2.11. The van der Waals surface area contributed by atoms with Gasteiger partial charge >= 0.3 is 5.97 Å². The largest absolute Gasteiger partial charge is 0.480 e. The van der Waals surface area contributed by atoms with Crippen molar-refractivity contribution in [2.45, 2.75) is 6.54 Å². The second kappa shape index (κ2) is 4.84. The Morgan fingerprint density at radius 3 is 2.88 bits per heavy atom. The van der Waals surface area contributed by atoms with Gasteiger partial charge in [-0.1, -0.05) is 12.1 Å². The number of hydrogen-bond acceptors (Lipinski definition) is 4. The zero-order valence-electron chi connectivity index (χ0n) is 9.13. The van der Waals surface area contributed by atoms with Crippen LogP contribution < -0.4 is 5.32 Å². The second-order valence-corrected chi connectivity index (χ2v) is 3.55. The minimum Gasteiger partial charge on any atom is -0.480 e. The number of anilines is 1. The van der Waals surface area contributed by atoms with Gasteiger partial charge in [0.25, 0.3) is 0 Å². The van der Waals surface area contributed by atoms with E-state index in [1.54, 1.807) is 4.57 Å². The molecule has 0 saturated carbocycles. The molecule has 0 fully saturated rings. The van der Waals surface area contributed by atoms with Crippen LogP contribution in [0.2, 0.25) is 0 Å². The zero-order valence-corrected chi connectivity index (χ0v) is 9.13. The maximum atomic E-state index is 10.8. The molecular formula is C11H13N3O3. The summed E-state index contributed by atoms with van der Waals surface area (Å²) in [6.07, 6.45) is 0. The van der Waals surface area contributed by atoms with Gasteiger partial charge in [0.05, 0.1) is 17.6 Å². The van der Waals surface area contributed by atoms with Gasteiger partial charge in [0, 0.05) is 6.54 Å². The number of aliphatic hydroxyl groups is 1. The summed E-state index contributed by atoms with van der Waals surface area (Å²) in [5, 5.41) is 20.5. The summed E-state index contributed by atoms with van der Waals surface area (Å²) >= 11 is 0. The lowest BCUT2D eigenvalue weighted by Gasteiger charge is -2.07. The van der Waals surface area contributed by atoms with Crippen molar-refractivity contribution in [1.29, 1.82) is 0 Å². The number of aliphatic hydroxyl groups excluding tert-OH is 1. The van der Waals surface area contributed by atoms with Crippen molar-refractivity contribution in [3.05, 3.63) is 24.3 Å². The molecule has 0 radical (unpaired) electrons. The monoisotopic (exact) mass is 235 g/mol. The predicted molar refractivity (Wildman–Crippen MR) is 62.9 cm³/mol. The summed E-state index contributed by atoms with van der Waals surface area (Å²) in [7, 11) is 0. The highest BCUT2D eigenvalue weighted by Crippen LogP contribution is 2.19. The van der Waals surface area contributed by atoms with Gasteiger partial charge in [0.2, 0.25) is 5.95 Å². The van der Waals surface area contributed by atoms with Crippen molar-refractivity contribution in [2.24, 2.45) is 0 Å². The van der Waals surface area contributed by atoms with E-state index >= 15 is 0 Å². The molecule has 90 valence electrons. The van der Waals surface area contributed by atoms with Crippen LogP contribution in [0.5, 0.6) is 0 Å². The predicted octanol–water partition coefficient (Wildman–Crippen LogP) is 0.525. The molecule has 1 aromatic carbocycles. The first-order chi connectivity index (χ1) is 8.22. The number of carboxylic acid groups (broad SMARTS) is 1. The topological polar surface area (TPSA) is 87.4 Å². The van der Waals surface area contributed by atoms with Crippen molar-refractivity contribution in [2.75, 3.05) is 18.5 Å². The maximum absolute atomic E-state index is 10.8. The van der Waals surface area contributed by atoms with Crippen LogP contribution in [0, 0.1) is 0 Å². The van der Waals surface area contributed by atoms with E-state index in [4.69, 9.17) is 10.2 Å². The van der Waals surface area contributed by atoms with Gasteiger partial charge in [-0.05, 0) is 12.1 Å². The van der Waals surface area contributed by atoms with Gasteiger partial charge < -0.3 is 15.5 Å². The molecule has 0 aliphatic heterocycles. The van der Waals surface area contributed by atoms with Crippen LogP contribution >= 0.6 is 0 Å². The maximum Gasteiger partial charge on any atom is 0.323 e. The number of hydrogen-bond donors (Lipinski definition) is 3. The van der Waals surface area contributed by atoms with Gasteiger partial charge in [-0.15, -0.1) is 0 Å². The molecule has 0 saturated heterocycles. The fraction of sp³-hybridized carbons (Fsp3) is 0.273. The van der Waals surface area contributed by atoms with Crippen LogP contribution in [0.3, 0.4) is 0 Å². The molecule has 0 spiro atoms. The summed E-state index contributed by atoms with van der Waals surface area (Å²) in [6, 6.07) is 7.31. The van der Waals surface area contributed by atoms with Gasteiger partial charge in [-0.2, -0.15) is 0 Å². The summed E-state index contributed by atoms with van der Waals surface area (Å²) in [5.74, 6) is -0.470. The van der Waals surface area contributed by atoms with Crippen LogP contribution in [-0.2, 0) is 11.3 Å². The number of carboxylic acids is 1. The minimum absolute atomic E-state index is 0.0315. The molecule has 0 aliphatic rings. The van der Waals surface area contributed by atoms with E-state index in [-0.39, 0.29) is 13.2 Å². The first-order valence-electron chi connectivity index (χ1n) is 5.24. The van der Waals surface area contributed by atoms with Crippen molar-refractivity contribution < 1.29 is 15.0 Å². The fourth-order valence-electron chi connectivity index (χ4n) is 1.67. The molecular weight excluding hydrogens is 222 g/mol. The average Bonchev–Trinajstić information content (AvgIpc) is 2.64. The standard InChI is InChI=1S/C11H13N3O3/c15-6-5-12-11-13-8-3-1-2-4-9(8)14(11)7-10(16)17/h1-4,15H,5-7H2,(H,12,13)(H,16,17). The fourth-order valence-corrected chi connectivity index (χ4v) is 1.67. The molecule has 0 amide bonds. The van der Waals surface area contributed by atoms with E-state index in [1.165, 1.54) is 0 Å². The zero-order chi connectivity index (χ0) is 12.3. The Bertz CT molecular complexity index is 536. The van der Waals surface area contributed by atoms with Crippen LogP contribution in [0.4, 0.5) is 5.95 Å². The number of imidazole rings is 1. The Morgan fingerprint density at radius 2 is 2.18 bits per heavy atom. The lowest BCUT2D eigenvalue weighted by Crippen LogP contribution is -2.15. The van der Waals surface area contributed by atoms with Gasteiger partial charge in [-0.3, -0.25) is 9.36 Å². The lowest BCUT2D eigenvalue weighted by atomic mass is 10.3. The Hall–Kier alpha value is -2.08. The van der Waals surface area contributed by atoms with E-state index < -0.39 is 5.97 Å². The number of nitrogens with one attached hydrogen (secondary N) is 1. The van der Waals surface area contributed by atoms with E-state index in [0.29, 0.717) is 12.5 Å². The number of aromatic nitrogens is 2. The number of para-hydroxylation sites is 2. The van der Waals surface area contributed by atoms with E-state index in [1.807, 2.05) is 24.3 Å². The van der Waals surface area contributed by atoms with E-state index in [9.17, 15) is 4.79 Å². The number of fused-ring (bicyclic) bond motifs is 1. The molecule has 6 heteroatoms. The Labute approximate surface area is 97.5 Å². The first kappa shape index (κ1) is 11.4. The smallest absolute Gasteiger partial charge is 0.323 e. The number of aliphatic carboxylic acids is 1. The molecule has 0 atom stereocenters. The Kier molecular flexibility index (Phi) is 3.24. The molecule has 3 N–H and O–H groups in total. The van der Waals surface area contributed by atoms with Crippen LogP contribution in [0.1, 0.15) is 0 Å². The number of rotatable bonds is 5. The molecule has 1 heterocycles. The van der Waals surface area contributed by atoms with Crippen LogP contribution in [-0.4, -0.2) is 38.9 Å².